The molecule has 4 heteroatoms. The van der Waals surface area contributed by atoms with Crippen LogP contribution in [0.4, 0.5) is 0 Å². The monoisotopic (exact) mass is 343 g/mol. The van der Waals surface area contributed by atoms with Crippen molar-refractivity contribution in [2.75, 3.05) is 32.9 Å². The highest BCUT2D eigenvalue weighted by atomic mass is 16.5. The highest BCUT2D eigenvalue weighted by Gasteiger charge is 2.27. The molecule has 1 aliphatic carbocycles. The zero-order valence-corrected chi connectivity index (χ0v) is 15.0. The van der Waals surface area contributed by atoms with E-state index in [0.29, 0.717) is 11.8 Å². The summed E-state index contributed by atoms with van der Waals surface area (Å²) in [5.74, 6) is 2.29. The van der Waals surface area contributed by atoms with E-state index in [1.807, 2.05) is 18.2 Å². The Hall–Kier alpha value is -1.55. The smallest absolute Gasteiger partial charge is 0.253 e. The summed E-state index contributed by atoms with van der Waals surface area (Å²) in [6, 6.07) is 5.95. The Balaban J connectivity index is 1.49. The average molecular weight is 343 g/mol. The molecule has 0 aromatic heterocycles. The Bertz CT molecular complexity index is 603. The third-order valence-corrected chi connectivity index (χ3v) is 5.93. The minimum Gasteiger partial charge on any atom is -0.493 e. The Morgan fingerprint density at radius 1 is 1.04 bits per heavy atom. The normalized spacial score (nSPS) is 23.3. The number of amides is 1. The lowest BCUT2D eigenvalue weighted by molar-refractivity contribution is 0.0673. The van der Waals surface area contributed by atoms with Crippen molar-refractivity contribution in [3.05, 3.63) is 29.3 Å². The van der Waals surface area contributed by atoms with Crippen LogP contribution >= 0.6 is 0 Å². The molecule has 2 heterocycles. The highest BCUT2D eigenvalue weighted by Crippen LogP contribution is 2.29. The summed E-state index contributed by atoms with van der Waals surface area (Å²) in [4.78, 5) is 15.4. The number of benzene rings is 1. The van der Waals surface area contributed by atoms with Crippen molar-refractivity contribution in [1.29, 1.82) is 0 Å². The van der Waals surface area contributed by atoms with Crippen molar-refractivity contribution in [2.24, 2.45) is 11.8 Å². The lowest BCUT2D eigenvalue weighted by atomic mass is 9.88. The molecule has 1 aromatic rings. The van der Waals surface area contributed by atoms with Crippen LogP contribution in [0.2, 0.25) is 0 Å². The zero-order valence-electron chi connectivity index (χ0n) is 15.0. The third kappa shape index (κ3) is 4.00. The van der Waals surface area contributed by atoms with Crippen molar-refractivity contribution >= 4 is 5.91 Å². The summed E-state index contributed by atoms with van der Waals surface area (Å²) < 4.78 is 11.1. The molecule has 4 nitrogen and oxygen atoms in total. The van der Waals surface area contributed by atoms with Gasteiger partial charge in [-0.15, -0.1) is 0 Å². The number of hydrogen-bond acceptors (Lipinski definition) is 3. The van der Waals surface area contributed by atoms with Gasteiger partial charge in [0.2, 0.25) is 0 Å². The molecule has 0 bridgehead atoms. The molecule has 0 N–H and O–H groups in total. The highest BCUT2D eigenvalue weighted by molar-refractivity contribution is 5.94. The third-order valence-electron chi connectivity index (χ3n) is 5.93. The van der Waals surface area contributed by atoms with E-state index in [4.69, 9.17) is 9.47 Å². The first-order valence-corrected chi connectivity index (χ1v) is 9.92. The van der Waals surface area contributed by atoms with Crippen LogP contribution in [0.1, 0.15) is 54.4 Å². The molecule has 1 atom stereocenters. The number of ether oxygens (including phenoxy) is 2. The standard InChI is InChI=1S/C21H29NO3/c23-21(19-6-7-20-18(12-19)9-11-25-20)22(14-17-8-10-24-15-17)13-16-4-2-1-3-5-16/h6-7,12,16-17H,1-5,8-11,13-15H2/t17-/m0/s1. The van der Waals surface area contributed by atoms with Crippen LogP contribution in [0, 0.1) is 11.8 Å². The Labute approximate surface area is 150 Å². The van der Waals surface area contributed by atoms with Crippen LogP contribution in [-0.2, 0) is 11.2 Å². The van der Waals surface area contributed by atoms with E-state index in [0.717, 1.165) is 57.1 Å². The Morgan fingerprint density at radius 2 is 1.88 bits per heavy atom. The van der Waals surface area contributed by atoms with E-state index in [1.54, 1.807) is 0 Å². The van der Waals surface area contributed by atoms with Gasteiger partial charge in [-0.25, -0.2) is 0 Å². The number of nitrogens with zero attached hydrogens (tertiary/aromatic N) is 1. The van der Waals surface area contributed by atoms with E-state index in [1.165, 1.54) is 37.7 Å². The fraction of sp³-hybridized carbons (Fsp3) is 0.667. The zero-order chi connectivity index (χ0) is 17.1. The maximum atomic E-state index is 13.3. The van der Waals surface area contributed by atoms with E-state index in [9.17, 15) is 4.79 Å². The van der Waals surface area contributed by atoms with E-state index in [2.05, 4.69) is 4.90 Å². The summed E-state index contributed by atoms with van der Waals surface area (Å²) in [7, 11) is 0. The molecular formula is C21H29NO3. The summed E-state index contributed by atoms with van der Waals surface area (Å²) in [6.45, 7) is 4.11. The van der Waals surface area contributed by atoms with Crippen LogP contribution in [0.3, 0.4) is 0 Å². The van der Waals surface area contributed by atoms with Crippen LogP contribution in [0.5, 0.6) is 5.75 Å². The second-order valence-corrected chi connectivity index (χ2v) is 7.86. The van der Waals surface area contributed by atoms with Crippen LogP contribution in [0.15, 0.2) is 18.2 Å². The van der Waals surface area contributed by atoms with Crippen molar-refractivity contribution in [3.63, 3.8) is 0 Å². The minimum atomic E-state index is 0.187. The molecule has 0 unspecified atom stereocenters. The van der Waals surface area contributed by atoms with E-state index in [-0.39, 0.29) is 5.91 Å². The van der Waals surface area contributed by atoms with Crippen LogP contribution in [-0.4, -0.2) is 43.7 Å². The van der Waals surface area contributed by atoms with E-state index < -0.39 is 0 Å². The fourth-order valence-corrected chi connectivity index (χ4v) is 4.46. The molecule has 136 valence electrons. The maximum absolute atomic E-state index is 13.3. The van der Waals surface area contributed by atoms with Gasteiger partial charge in [-0.05, 0) is 48.9 Å². The first-order chi connectivity index (χ1) is 12.3. The van der Waals surface area contributed by atoms with Crippen LogP contribution < -0.4 is 4.74 Å². The van der Waals surface area contributed by atoms with Gasteiger partial charge in [0.05, 0.1) is 13.2 Å². The predicted octanol–water partition coefficient (Wildman–Crippen LogP) is 3.68. The second-order valence-electron chi connectivity index (χ2n) is 7.86. The van der Waals surface area contributed by atoms with Gasteiger partial charge in [0, 0.05) is 37.6 Å². The first-order valence-electron chi connectivity index (χ1n) is 9.92. The Kier molecular flexibility index (Phi) is 5.25. The van der Waals surface area contributed by atoms with Gasteiger partial charge in [0.15, 0.2) is 0 Å². The van der Waals surface area contributed by atoms with Gasteiger partial charge < -0.3 is 14.4 Å². The molecule has 2 fully saturated rings. The first kappa shape index (κ1) is 16.9. The minimum absolute atomic E-state index is 0.187. The van der Waals surface area contributed by atoms with Crippen molar-refractivity contribution in [1.82, 2.24) is 4.90 Å². The molecule has 1 aromatic carbocycles. The number of carbonyl (C=O) groups is 1. The number of hydrogen-bond donors (Lipinski definition) is 0. The van der Waals surface area contributed by atoms with Gasteiger partial charge in [-0.3, -0.25) is 4.79 Å². The second kappa shape index (κ2) is 7.77. The average Bonchev–Trinajstić information content (AvgIpc) is 3.32. The van der Waals surface area contributed by atoms with Gasteiger partial charge in [-0.1, -0.05) is 19.3 Å². The maximum Gasteiger partial charge on any atom is 0.253 e. The number of rotatable bonds is 5. The summed E-state index contributed by atoms with van der Waals surface area (Å²) in [5.41, 5.74) is 1.99. The SMILES string of the molecule is O=C(c1ccc2c(c1)CCO2)N(CC1CCCCC1)C[C@@H]1CCOC1. The molecule has 1 saturated carbocycles. The molecule has 1 amide bonds. The molecule has 0 spiro atoms. The van der Waals surface area contributed by atoms with Crippen molar-refractivity contribution in [2.45, 2.75) is 44.9 Å². The molecule has 4 rings (SSSR count). The molecule has 1 saturated heterocycles. The lowest BCUT2D eigenvalue weighted by Gasteiger charge is -2.31. The molecular weight excluding hydrogens is 314 g/mol. The van der Waals surface area contributed by atoms with Gasteiger partial charge in [-0.2, -0.15) is 0 Å². The van der Waals surface area contributed by atoms with Crippen LogP contribution in [0.25, 0.3) is 0 Å². The summed E-state index contributed by atoms with van der Waals surface area (Å²) >= 11 is 0. The number of fused-ring (bicyclic) bond motifs is 1. The molecule has 25 heavy (non-hydrogen) atoms. The Morgan fingerprint density at radius 3 is 2.68 bits per heavy atom. The molecule has 3 aliphatic rings. The lowest BCUT2D eigenvalue weighted by Crippen LogP contribution is -2.39. The summed E-state index contributed by atoms with van der Waals surface area (Å²) in [6.07, 6.45) is 8.50. The van der Waals surface area contributed by atoms with Crippen molar-refractivity contribution in [3.8, 4) is 5.75 Å². The van der Waals surface area contributed by atoms with Gasteiger partial charge in [0.1, 0.15) is 5.75 Å². The van der Waals surface area contributed by atoms with E-state index >= 15 is 0 Å². The fourth-order valence-electron chi connectivity index (χ4n) is 4.46. The largest absolute Gasteiger partial charge is 0.493 e. The molecule has 2 aliphatic heterocycles. The molecule has 0 radical (unpaired) electrons. The topological polar surface area (TPSA) is 38.8 Å². The number of carbonyl (C=O) groups excluding carboxylic acids is 1. The van der Waals surface area contributed by atoms with Gasteiger partial charge in [0.25, 0.3) is 5.91 Å². The van der Waals surface area contributed by atoms with Crippen molar-refractivity contribution < 1.29 is 14.3 Å². The van der Waals surface area contributed by atoms with Gasteiger partial charge >= 0.3 is 0 Å². The summed E-state index contributed by atoms with van der Waals surface area (Å²) in [5, 5.41) is 0. The predicted molar refractivity (Wildman–Crippen MR) is 97.0 cm³/mol. The quantitative estimate of drug-likeness (QED) is 0.819.